The number of nitrogens with zero attached hydrogens (tertiary/aromatic N) is 1. The predicted molar refractivity (Wildman–Crippen MR) is 137 cm³/mol. The fraction of sp³-hybridized carbons (Fsp3) is 0.345. The number of rotatable bonds is 11. The number of fused-ring (bicyclic) bond motifs is 1. The molecular weight excluding hydrogens is 456 g/mol. The van der Waals surface area contributed by atoms with Gasteiger partial charge >= 0.3 is 0 Å². The average molecular weight is 489 g/mol. The van der Waals surface area contributed by atoms with E-state index in [1.165, 1.54) is 0 Å². The van der Waals surface area contributed by atoms with Gasteiger partial charge in [-0.2, -0.15) is 5.26 Å². The molecule has 3 aromatic rings. The Hall–Kier alpha value is -3.41. The Morgan fingerprint density at radius 1 is 0.944 bits per heavy atom. The molecule has 0 fully saturated rings. The molecular formula is C29H32N2O5. The minimum absolute atomic E-state index is 0.249. The van der Waals surface area contributed by atoms with Crippen molar-refractivity contribution in [3.8, 4) is 28.7 Å². The molecule has 1 aliphatic rings. The normalized spacial score (nSPS) is 12.8. The zero-order valence-electron chi connectivity index (χ0n) is 20.5. The van der Waals surface area contributed by atoms with E-state index < -0.39 is 25.4 Å². The Kier molecular flexibility index (Phi) is 8.24. The maximum absolute atomic E-state index is 9.93. The number of hydrogen-bond acceptors (Lipinski definition) is 7. The minimum Gasteiger partial charge on any atom is -0.496 e. The summed E-state index contributed by atoms with van der Waals surface area (Å²) in [5.74, 6) is 1.37. The van der Waals surface area contributed by atoms with Gasteiger partial charge in [0.15, 0.2) is 0 Å². The van der Waals surface area contributed by atoms with Crippen LogP contribution in [0.25, 0.3) is 11.1 Å². The molecule has 0 aromatic heterocycles. The third kappa shape index (κ3) is 5.08. The van der Waals surface area contributed by atoms with Gasteiger partial charge in [0.05, 0.1) is 38.0 Å². The van der Waals surface area contributed by atoms with Crippen molar-refractivity contribution in [1.29, 1.82) is 5.26 Å². The van der Waals surface area contributed by atoms with Crippen LogP contribution < -0.4 is 14.8 Å². The molecule has 0 bridgehead atoms. The predicted octanol–water partition coefficient (Wildman–Crippen LogP) is 3.11. The fourth-order valence-corrected chi connectivity index (χ4v) is 4.76. The highest BCUT2D eigenvalue weighted by Crippen LogP contribution is 2.40. The van der Waals surface area contributed by atoms with Gasteiger partial charge in [-0.1, -0.05) is 48.5 Å². The first-order valence-electron chi connectivity index (χ1n) is 12.1. The smallest absolute Gasteiger partial charge is 0.127 e. The van der Waals surface area contributed by atoms with Gasteiger partial charge in [0.1, 0.15) is 24.2 Å². The van der Waals surface area contributed by atoms with Crippen molar-refractivity contribution in [3.05, 3.63) is 82.4 Å². The molecule has 188 valence electrons. The van der Waals surface area contributed by atoms with Crippen molar-refractivity contribution in [3.63, 3.8) is 0 Å². The van der Waals surface area contributed by atoms with Gasteiger partial charge in [-0.25, -0.2) is 0 Å². The lowest BCUT2D eigenvalue weighted by Gasteiger charge is -2.30. The number of hydrogen-bond donors (Lipinski definition) is 4. The summed E-state index contributed by atoms with van der Waals surface area (Å²) in [6.45, 7) is -0.608. The molecule has 7 nitrogen and oxygen atoms in total. The molecule has 0 amide bonds. The monoisotopic (exact) mass is 488 g/mol. The van der Waals surface area contributed by atoms with Crippen LogP contribution in [0.2, 0.25) is 0 Å². The number of nitrogens with one attached hydrogen (secondary N) is 1. The van der Waals surface area contributed by atoms with E-state index in [2.05, 4.69) is 11.4 Å². The van der Waals surface area contributed by atoms with Crippen molar-refractivity contribution < 1.29 is 24.8 Å². The maximum Gasteiger partial charge on any atom is 0.127 e. The summed E-state index contributed by atoms with van der Waals surface area (Å²) < 4.78 is 12.0. The SMILES string of the molecule is COc1cc(OCc2cccc(-c3ccccc3)c2C#N)c2c(c1CNC(CO)(CO)CO)CCC2. The summed E-state index contributed by atoms with van der Waals surface area (Å²) in [5.41, 5.74) is 5.26. The number of aliphatic hydroxyl groups is 3. The number of benzene rings is 3. The van der Waals surface area contributed by atoms with E-state index in [9.17, 15) is 20.6 Å². The van der Waals surface area contributed by atoms with Gasteiger partial charge in [0.25, 0.3) is 0 Å². The first kappa shape index (κ1) is 25.7. The quantitative estimate of drug-likeness (QED) is 0.328. The summed E-state index contributed by atoms with van der Waals surface area (Å²) in [5, 5.41) is 42.1. The van der Waals surface area contributed by atoms with Crippen molar-refractivity contribution >= 4 is 0 Å². The van der Waals surface area contributed by atoms with E-state index in [4.69, 9.17) is 9.47 Å². The molecule has 0 saturated heterocycles. The van der Waals surface area contributed by atoms with E-state index in [-0.39, 0.29) is 6.61 Å². The lowest BCUT2D eigenvalue weighted by Crippen LogP contribution is -2.54. The molecule has 7 heteroatoms. The zero-order chi connectivity index (χ0) is 25.5. The molecule has 0 radical (unpaired) electrons. The standard InChI is InChI=1S/C29H32N2O5/c1-35-27-13-28(24-12-6-11-23(24)26(27)15-31-29(17-32,18-33)19-34)36-16-21-9-5-10-22(25(21)14-30)20-7-3-2-4-8-20/h2-5,7-10,13,31-34H,6,11-12,15-19H2,1H3. The first-order chi connectivity index (χ1) is 17.6. The summed E-state index contributed by atoms with van der Waals surface area (Å²) in [6, 6.07) is 19.9. The summed E-state index contributed by atoms with van der Waals surface area (Å²) in [4.78, 5) is 0. The van der Waals surface area contributed by atoms with E-state index in [1.807, 2.05) is 54.6 Å². The van der Waals surface area contributed by atoms with Gasteiger partial charge in [-0.15, -0.1) is 0 Å². The average Bonchev–Trinajstić information content (AvgIpc) is 3.43. The van der Waals surface area contributed by atoms with Crippen LogP contribution in [0.5, 0.6) is 11.5 Å². The van der Waals surface area contributed by atoms with Crippen LogP contribution in [-0.4, -0.2) is 47.8 Å². The largest absolute Gasteiger partial charge is 0.496 e. The van der Waals surface area contributed by atoms with E-state index in [0.717, 1.165) is 58.4 Å². The molecule has 0 aliphatic heterocycles. The summed E-state index contributed by atoms with van der Waals surface area (Å²) in [7, 11) is 1.60. The molecule has 1 aliphatic carbocycles. The van der Waals surface area contributed by atoms with Crippen LogP contribution >= 0.6 is 0 Å². The topological polar surface area (TPSA) is 115 Å². The second-order valence-electron chi connectivity index (χ2n) is 9.08. The fourth-order valence-electron chi connectivity index (χ4n) is 4.76. The number of methoxy groups -OCH3 is 1. The molecule has 36 heavy (non-hydrogen) atoms. The van der Waals surface area contributed by atoms with E-state index in [0.29, 0.717) is 17.9 Å². The van der Waals surface area contributed by atoms with Crippen molar-refractivity contribution in [2.75, 3.05) is 26.9 Å². The van der Waals surface area contributed by atoms with Crippen LogP contribution in [0.15, 0.2) is 54.6 Å². The Labute approximate surface area is 211 Å². The number of ether oxygens (including phenoxy) is 2. The Morgan fingerprint density at radius 2 is 1.67 bits per heavy atom. The van der Waals surface area contributed by atoms with Gasteiger partial charge in [-0.3, -0.25) is 0 Å². The Balaban J connectivity index is 1.62. The van der Waals surface area contributed by atoms with E-state index in [1.54, 1.807) is 7.11 Å². The lowest BCUT2D eigenvalue weighted by atomic mass is 9.96. The minimum atomic E-state index is -1.18. The van der Waals surface area contributed by atoms with Gasteiger partial charge < -0.3 is 30.1 Å². The molecule has 4 rings (SSSR count). The second-order valence-corrected chi connectivity index (χ2v) is 9.08. The molecule has 3 aromatic carbocycles. The molecule has 0 atom stereocenters. The summed E-state index contributed by atoms with van der Waals surface area (Å²) >= 11 is 0. The van der Waals surface area contributed by atoms with Crippen LogP contribution in [0.3, 0.4) is 0 Å². The highest BCUT2D eigenvalue weighted by molar-refractivity contribution is 5.72. The third-order valence-corrected chi connectivity index (χ3v) is 6.94. The van der Waals surface area contributed by atoms with Gasteiger partial charge in [0.2, 0.25) is 0 Å². The van der Waals surface area contributed by atoms with E-state index >= 15 is 0 Å². The molecule has 4 N–H and O–H groups in total. The van der Waals surface area contributed by atoms with Crippen molar-refractivity contribution in [2.24, 2.45) is 0 Å². The highest BCUT2D eigenvalue weighted by Gasteiger charge is 2.30. The van der Waals surface area contributed by atoms with Crippen LogP contribution in [0.4, 0.5) is 0 Å². The lowest BCUT2D eigenvalue weighted by molar-refractivity contribution is 0.0412. The maximum atomic E-state index is 9.93. The number of aliphatic hydroxyl groups excluding tert-OH is 3. The third-order valence-electron chi connectivity index (χ3n) is 6.94. The Morgan fingerprint density at radius 3 is 2.33 bits per heavy atom. The first-order valence-corrected chi connectivity index (χ1v) is 12.1. The van der Waals surface area contributed by atoms with Crippen LogP contribution in [0, 0.1) is 11.3 Å². The van der Waals surface area contributed by atoms with Crippen molar-refractivity contribution in [1.82, 2.24) is 5.32 Å². The Bertz CT molecular complexity index is 1220. The van der Waals surface area contributed by atoms with Gasteiger partial charge in [-0.05, 0) is 41.5 Å². The van der Waals surface area contributed by atoms with Gasteiger partial charge in [0, 0.05) is 23.7 Å². The number of nitriles is 1. The molecule has 0 unspecified atom stereocenters. The highest BCUT2D eigenvalue weighted by atomic mass is 16.5. The van der Waals surface area contributed by atoms with Crippen LogP contribution in [0.1, 0.15) is 34.2 Å². The molecule has 0 saturated carbocycles. The summed E-state index contributed by atoms with van der Waals surface area (Å²) in [6.07, 6.45) is 2.70. The molecule has 0 heterocycles. The van der Waals surface area contributed by atoms with Crippen LogP contribution in [-0.2, 0) is 26.0 Å². The van der Waals surface area contributed by atoms with Crippen molar-refractivity contribution in [2.45, 2.75) is 38.0 Å². The second kappa shape index (κ2) is 11.5. The zero-order valence-corrected chi connectivity index (χ0v) is 20.5. The molecule has 0 spiro atoms.